The van der Waals surface area contributed by atoms with Crippen molar-refractivity contribution in [2.45, 2.75) is 51.2 Å². The molecule has 0 spiro atoms. The number of urea groups is 1. The number of nitrogens with one attached hydrogen (secondary N) is 1. The van der Waals surface area contributed by atoms with Crippen molar-refractivity contribution < 1.29 is 9.18 Å². The summed E-state index contributed by atoms with van der Waals surface area (Å²) in [6.45, 7) is 1.10. The number of para-hydroxylation sites is 1. The van der Waals surface area contributed by atoms with Crippen molar-refractivity contribution in [1.29, 1.82) is 0 Å². The molecule has 1 N–H and O–H groups in total. The highest BCUT2D eigenvalue weighted by molar-refractivity contribution is 6.31. The fourth-order valence-electron chi connectivity index (χ4n) is 4.24. The van der Waals surface area contributed by atoms with Gasteiger partial charge >= 0.3 is 6.03 Å². The molecule has 0 aliphatic heterocycles. The molecule has 0 saturated heterocycles. The second kappa shape index (κ2) is 10.0. The Labute approximate surface area is 187 Å². The molecule has 1 aromatic heterocycles. The summed E-state index contributed by atoms with van der Waals surface area (Å²) in [6.07, 6.45) is 7.35. The van der Waals surface area contributed by atoms with E-state index in [1.807, 2.05) is 47.5 Å². The normalized spacial score (nSPS) is 14.4. The Morgan fingerprint density at radius 3 is 2.55 bits per heavy atom. The van der Waals surface area contributed by atoms with Crippen molar-refractivity contribution in [3.8, 4) is 0 Å². The van der Waals surface area contributed by atoms with Crippen molar-refractivity contribution in [3.63, 3.8) is 0 Å². The van der Waals surface area contributed by atoms with Crippen LogP contribution < -0.4 is 5.32 Å². The summed E-state index contributed by atoms with van der Waals surface area (Å²) in [5.74, 6) is -0.429. The van der Waals surface area contributed by atoms with E-state index in [4.69, 9.17) is 11.6 Å². The van der Waals surface area contributed by atoms with Gasteiger partial charge in [0.25, 0.3) is 0 Å². The standard InChI is InChI=1S/C25H27ClFN3O/c26-22-13-5-4-9-19(22)17-29-16-8-12-21(29)18-30(20-10-2-1-3-11-20)25(31)28-24-15-7-6-14-23(24)27/h4-9,12-16,20H,1-3,10-11,17-18H2,(H,28,31). The van der Waals surface area contributed by atoms with Crippen LogP contribution in [-0.2, 0) is 13.1 Å². The van der Waals surface area contributed by atoms with Crippen LogP contribution in [0.5, 0.6) is 0 Å². The first-order valence-corrected chi connectivity index (χ1v) is 11.2. The largest absolute Gasteiger partial charge is 0.345 e. The molecule has 0 unspecified atom stereocenters. The summed E-state index contributed by atoms with van der Waals surface area (Å²) in [4.78, 5) is 15.1. The maximum atomic E-state index is 14.1. The third kappa shape index (κ3) is 5.28. The molecule has 0 bridgehead atoms. The number of aromatic nitrogens is 1. The third-order valence-electron chi connectivity index (χ3n) is 5.95. The second-order valence-corrected chi connectivity index (χ2v) is 8.46. The zero-order valence-corrected chi connectivity index (χ0v) is 18.2. The van der Waals surface area contributed by atoms with Crippen LogP contribution in [0.4, 0.5) is 14.9 Å². The molecule has 1 saturated carbocycles. The van der Waals surface area contributed by atoms with Gasteiger partial charge in [-0.15, -0.1) is 0 Å². The summed E-state index contributed by atoms with van der Waals surface area (Å²) in [6, 6.07) is 18.0. The average molecular weight is 440 g/mol. The van der Waals surface area contributed by atoms with Crippen LogP contribution in [0.1, 0.15) is 43.4 Å². The van der Waals surface area contributed by atoms with Crippen LogP contribution in [0.3, 0.4) is 0 Å². The van der Waals surface area contributed by atoms with Gasteiger partial charge in [0.1, 0.15) is 5.82 Å². The number of nitrogens with zero attached hydrogens (tertiary/aromatic N) is 2. The van der Waals surface area contributed by atoms with Crippen molar-refractivity contribution in [2.75, 3.05) is 5.32 Å². The molecule has 6 heteroatoms. The highest BCUT2D eigenvalue weighted by Gasteiger charge is 2.27. The molecule has 162 valence electrons. The average Bonchev–Trinajstić information content (AvgIpc) is 3.22. The van der Waals surface area contributed by atoms with E-state index in [2.05, 4.69) is 9.88 Å². The molecule has 1 aliphatic rings. The Bertz CT molecular complexity index is 1030. The van der Waals surface area contributed by atoms with Gasteiger partial charge in [-0.2, -0.15) is 0 Å². The number of carbonyl (C=O) groups is 1. The molecule has 4 rings (SSSR count). The predicted octanol–water partition coefficient (Wildman–Crippen LogP) is 6.70. The lowest BCUT2D eigenvalue weighted by atomic mass is 9.94. The van der Waals surface area contributed by atoms with E-state index in [-0.39, 0.29) is 17.8 Å². The Balaban J connectivity index is 1.55. The van der Waals surface area contributed by atoms with Crippen LogP contribution in [-0.4, -0.2) is 21.5 Å². The minimum atomic E-state index is -0.429. The summed E-state index contributed by atoms with van der Waals surface area (Å²) in [5, 5.41) is 3.51. The third-order valence-corrected chi connectivity index (χ3v) is 6.31. The number of rotatable bonds is 6. The van der Waals surface area contributed by atoms with Crippen LogP contribution in [0, 0.1) is 5.82 Å². The van der Waals surface area contributed by atoms with Crippen molar-refractivity contribution in [2.24, 2.45) is 0 Å². The molecule has 0 radical (unpaired) electrons. The quantitative estimate of drug-likeness (QED) is 0.456. The topological polar surface area (TPSA) is 37.3 Å². The summed E-state index contributed by atoms with van der Waals surface area (Å²) in [7, 11) is 0. The van der Waals surface area contributed by atoms with E-state index in [1.165, 1.54) is 12.5 Å². The van der Waals surface area contributed by atoms with E-state index in [1.54, 1.807) is 18.2 Å². The molecule has 1 heterocycles. The second-order valence-electron chi connectivity index (χ2n) is 8.05. The SMILES string of the molecule is O=C(Nc1ccccc1F)N(Cc1cccn1Cc1ccccc1Cl)C1CCCCC1. The number of halogens is 2. The smallest absolute Gasteiger partial charge is 0.322 e. The number of amides is 2. The van der Waals surface area contributed by atoms with Gasteiger partial charge in [0.15, 0.2) is 0 Å². The summed E-state index contributed by atoms with van der Waals surface area (Å²) < 4.78 is 16.2. The van der Waals surface area contributed by atoms with Crippen molar-refractivity contribution in [1.82, 2.24) is 9.47 Å². The first kappa shape index (κ1) is 21.4. The van der Waals surface area contributed by atoms with Crippen molar-refractivity contribution in [3.05, 3.63) is 89.0 Å². The van der Waals surface area contributed by atoms with Gasteiger partial charge in [-0.1, -0.05) is 61.2 Å². The fourth-order valence-corrected chi connectivity index (χ4v) is 4.44. The molecule has 31 heavy (non-hydrogen) atoms. The Morgan fingerprint density at radius 1 is 1.03 bits per heavy atom. The molecular weight excluding hydrogens is 413 g/mol. The molecule has 2 amide bonds. The van der Waals surface area contributed by atoms with Crippen LogP contribution in [0.15, 0.2) is 66.9 Å². The highest BCUT2D eigenvalue weighted by atomic mass is 35.5. The van der Waals surface area contributed by atoms with Gasteiger partial charge in [0, 0.05) is 29.5 Å². The van der Waals surface area contributed by atoms with Gasteiger partial charge in [0.05, 0.1) is 12.2 Å². The Morgan fingerprint density at radius 2 is 1.77 bits per heavy atom. The number of anilines is 1. The van der Waals surface area contributed by atoms with Crippen LogP contribution >= 0.6 is 11.6 Å². The first-order valence-electron chi connectivity index (χ1n) is 10.8. The van der Waals surface area contributed by atoms with Gasteiger partial charge in [-0.25, -0.2) is 9.18 Å². The minimum absolute atomic E-state index is 0.143. The monoisotopic (exact) mass is 439 g/mol. The van der Waals surface area contributed by atoms with Gasteiger partial charge in [-0.05, 0) is 48.7 Å². The van der Waals surface area contributed by atoms with E-state index < -0.39 is 5.82 Å². The first-order chi connectivity index (χ1) is 15.1. The van der Waals surface area contributed by atoms with Crippen LogP contribution in [0.2, 0.25) is 5.02 Å². The molecular formula is C25H27ClFN3O. The molecule has 2 aromatic carbocycles. The number of benzene rings is 2. The number of hydrogen-bond acceptors (Lipinski definition) is 1. The highest BCUT2D eigenvalue weighted by Crippen LogP contribution is 2.26. The molecule has 0 atom stereocenters. The van der Waals surface area contributed by atoms with Gasteiger partial charge < -0.3 is 14.8 Å². The van der Waals surface area contributed by atoms with Gasteiger partial charge in [-0.3, -0.25) is 0 Å². The van der Waals surface area contributed by atoms with Crippen LogP contribution in [0.25, 0.3) is 0 Å². The molecule has 1 aliphatic carbocycles. The zero-order chi connectivity index (χ0) is 21.6. The zero-order valence-electron chi connectivity index (χ0n) is 17.4. The maximum absolute atomic E-state index is 14.1. The maximum Gasteiger partial charge on any atom is 0.322 e. The minimum Gasteiger partial charge on any atom is -0.345 e. The molecule has 3 aromatic rings. The summed E-state index contributed by atoms with van der Waals surface area (Å²) >= 11 is 6.35. The van der Waals surface area contributed by atoms with E-state index in [9.17, 15) is 9.18 Å². The van der Waals surface area contributed by atoms with E-state index >= 15 is 0 Å². The fraction of sp³-hybridized carbons (Fsp3) is 0.320. The number of hydrogen-bond donors (Lipinski definition) is 1. The Hall–Kier alpha value is -2.79. The lowest BCUT2D eigenvalue weighted by Gasteiger charge is -2.34. The van der Waals surface area contributed by atoms with E-state index in [0.29, 0.717) is 13.1 Å². The molecule has 1 fully saturated rings. The van der Waals surface area contributed by atoms with Gasteiger partial charge in [0.2, 0.25) is 0 Å². The molecule has 4 nitrogen and oxygen atoms in total. The lowest BCUT2D eigenvalue weighted by Crippen LogP contribution is -2.43. The lowest BCUT2D eigenvalue weighted by molar-refractivity contribution is 0.161. The van der Waals surface area contributed by atoms with Crippen molar-refractivity contribution >= 4 is 23.3 Å². The Kier molecular flexibility index (Phi) is 6.92. The summed E-state index contributed by atoms with van der Waals surface area (Å²) in [5.41, 5.74) is 2.26. The predicted molar refractivity (Wildman–Crippen MR) is 123 cm³/mol. The number of carbonyl (C=O) groups excluding carboxylic acids is 1. The van der Waals surface area contributed by atoms with E-state index in [0.717, 1.165) is 42.0 Å².